The average Bonchev–Trinajstić information content (AvgIpc) is 3.35. The van der Waals surface area contributed by atoms with Gasteiger partial charge < -0.3 is 9.47 Å². The van der Waals surface area contributed by atoms with Gasteiger partial charge in [-0.15, -0.1) is 5.10 Å². The van der Waals surface area contributed by atoms with Gasteiger partial charge in [-0.3, -0.25) is 4.79 Å². The highest BCUT2D eigenvalue weighted by atomic mass is 32.1. The van der Waals surface area contributed by atoms with E-state index in [1.807, 2.05) is 66.8 Å². The summed E-state index contributed by atoms with van der Waals surface area (Å²) >= 11 is 1.31. The van der Waals surface area contributed by atoms with E-state index in [0.717, 1.165) is 30.4 Å². The van der Waals surface area contributed by atoms with Crippen molar-refractivity contribution in [2.45, 2.75) is 26.2 Å². The van der Waals surface area contributed by atoms with Crippen LogP contribution >= 0.6 is 11.3 Å². The summed E-state index contributed by atoms with van der Waals surface area (Å²) in [4.78, 5) is 17.8. The summed E-state index contributed by atoms with van der Waals surface area (Å²) in [6.07, 6.45) is 8.86. The van der Waals surface area contributed by atoms with Crippen LogP contribution < -0.4 is 19.6 Å². The second kappa shape index (κ2) is 10.2. The molecule has 6 nitrogen and oxygen atoms in total. The highest BCUT2D eigenvalue weighted by Crippen LogP contribution is 2.28. The number of methoxy groups -OCH3 is 1. The Morgan fingerprint density at radius 1 is 1.03 bits per heavy atom. The standard InChI is InChI=1S/C25H25N3O3S/c1-3-4-8-15-31-20-13-11-19(16-21(20)30-2)17-22-24(29)28-25(32-22)26-23(27-28)14-12-18-9-6-5-7-10-18/h5-7,9-14,16-17H,3-4,8,15H2,1-2H3/b14-12+,22-17+. The molecule has 0 aliphatic rings. The summed E-state index contributed by atoms with van der Waals surface area (Å²) in [5, 5.41) is 4.34. The fourth-order valence-corrected chi connectivity index (χ4v) is 4.15. The molecule has 32 heavy (non-hydrogen) atoms. The van der Waals surface area contributed by atoms with Crippen LogP contribution in [-0.2, 0) is 0 Å². The third kappa shape index (κ3) is 5.06. The van der Waals surface area contributed by atoms with Crippen molar-refractivity contribution in [2.75, 3.05) is 13.7 Å². The molecule has 0 N–H and O–H groups in total. The minimum Gasteiger partial charge on any atom is -0.493 e. The Kier molecular flexibility index (Phi) is 6.97. The molecule has 0 atom stereocenters. The van der Waals surface area contributed by atoms with Crippen molar-refractivity contribution in [3.8, 4) is 11.5 Å². The minimum absolute atomic E-state index is 0.185. The second-order valence-corrected chi connectivity index (χ2v) is 8.30. The molecule has 0 bridgehead atoms. The lowest BCUT2D eigenvalue weighted by atomic mass is 10.2. The highest BCUT2D eigenvalue weighted by Gasteiger charge is 2.10. The van der Waals surface area contributed by atoms with E-state index in [1.54, 1.807) is 7.11 Å². The lowest BCUT2D eigenvalue weighted by molar-refractivity contribution is 0.286. The van der Waals surface area contributed by atoms with Crippen molar-refractivity contribution >= 4 is 34.5 Å². The first kappa shape index (κ1) is 21.8. The number of hydrogen-bond donors (Lipinski definition) is 0. The molecule has 4 aromatic rings. The molecule has 2 aromatic heterocycles. The molecule has 0 spiro atoms. The maximum atomic E-state index is 12.8. The molecule has 0 aliphatic heterocycles. The summed E-state index contributed by atoms with van der Waals surface area (Å²) < 4.78 is 13.2. The average molecular weight is 448 g/mol. The first-order chi connectivity index (χ1) is 15.7. The largest absolute Gasteiger partial charge is 0.493 e. The first-order valence-corrected chi connectivity index (χ1v) is 11.4. The number of ether oxygens (including phenoxy) is 2. The molecular weight excluding hydrogens is 422 g/mol. The number of thiazole rings is 1. The number of unbranched alkanes of at least 4 members (excludes halogenated alkanes) is 2. The minimum atomic E-state index is -0.185. The highest BCUT2D eigenvalue weighted by molar-refractivity contribution is 7.15. The van der Waals surface area contributed by atoms with Crippen molar-refractivity contribution in [3.05, 3.63) is 80.4 Å². The number of rotatable bonds is 9. The van der Waals surface area contributed by atoms with E-state index in [4.69, 9.17) is 9.47 Å². The molecule has 164 valence electrons. The topological polar surface area (TPSA) is 65.7 Å². The van der Waals surface area contributed by atoms with Crippen LogP contribution in [0.15, 0.2) is 53.3 Å². The lowest BCUT2D eigenvalue weighted by Gasteiger charge is -2.11. The maximum Gasteiger partial charge on any atom is 0.291 e. The molecule has 4 rings (SSSR count). The summed E-state index contributed by atoms with van der Waals surface area (Å²) in [6, 6.07) is 15.6. The third-order valence-corrected chi connectivity index (χ3v) is 5.87. The zero-order chi connectivity index (χ0) is 22.3. The van der Waals surface area contributed by atoms with Crippen LogP contribution in [0.2, 0.25) is 0 Å². The van der Waals surface area contributed by atoms with E-state index < -0.39 is 0 Å². The Balaban J connectivity index is 1.56. The Morgan fingerprint density at radius 3 is 2.62 bits per heavy atom. The molecule has 7 heteroatoms. The van der Waals surface area contributed by atoms with Crippen LogP contribution in [0.25, 0.3) is 23.2 Å². The Labute approximate surface area is 190 Å². The van der Waals surface area contributed by atoms with E-state index in [9.17, 15) is 4.79 Å². The Morgan fingerprint density at radius 2 is 1.88 bits per heavy atom. The van der Waals surface area contributed by atoms with Gasteiger partial charge in [-0.05, 0) is 41.8 Å². The number of hydrogen-bond acceptors (Lipinski definition) is 6. The fraction of sp³-hybridized carbons (Fsp3) is 0.240. The quantitative estimate of drug-likeness (QED) is 0.355. The first-order valence-electron chi connectivity index (χ1n) is 10.6. The fourth-order valence-electron chi connectivity index (χ4n) is 3.23. The molecule has 0 radical (unpaired) electrons. The van der Waals surface area contributed by atoms with Gasteiger partial charge in [0, 0.05) is 0 Å². The normalized spacial score (nSPS) is 12.1. The summed E-state index contributed by atoms with van der Waals surface area (Å²) in [5.74, 6) is 1.87. The van der Waals surface area contributed by atoms with Crippen LogP contribution in [0.5, 0.6) is 11.5 Å². The van der Waals surface area contributed by atoms with Crippen molar-refractivity contribution in [1.29, 1.82) is 0 Å². The SMILES string of the molecule is CCCCCOc1ccc(/C=c2/sc3nc(/C=C/c4ccccc4)nn3c2=O)cc1OC. The van der Waals surface area contributed by atoms with Crippen LogP contribution in [0.1, 0.15) is 43.1 Å². The summed E-state index contributed by atoms with van der Waals surface area (Å²) in [5.41, 5.74) is 1.72. The van der Waals surface area contributed by atoms with E-state index in [0.29, 0.717) is 33.4 Å². The van der Waals surface area contributed by atoms with Gasteiger partial charge in [0.05, 0.1) is 18.2 Å². The monoisotopic (exact) mass is 447 g/mol. The number of nitrogens with zero attached hydrogens (tertiary/aromatic N) is 3. The van der Waals surface area contributed by atoms with Crippen molar-refractivity contribution in [1.82, 2.24) is 14.6 Å². The van der Waals surface area contributed by atoms with Crippen LogP contribution in [0.3, 0.4) is 0 Å². The third-order valence-electron chi connectivity index (χ3n) is 4.91. The van der Waals surface area contributed by atoms with Crippen molar-refractivity contribution in [2.24, 2.45) is 0 Å². The molecule has 0 saturated heterocycles. The van der Waals surface area contributed by atoms with Gasteiger partial charge in [-0.25, -0.2) is 0 Å². The zero-order valence-corrected chi connectivity index (χ0v) is 19.0. The van der Waals surface area contributed by atoms with E-state index in [1.165, 1.54) is 15.9 Å². The van der Waals surface area contributed by atoms with E-state index in [2.05, 4.69) is 17.0 Å². The zero-order valence-electron chi connectivity index (χ0n) is 18.2. The molecule has 0 amide bonds. The summed E-state index contributed by atoms with van der Waals surface area (Å²) in [7, 11) is 1.62. The lowest BCUT2D eigenvalue weighted by Crippen LogP contribution is -2.23. The van der Waals surface area contributed by atoms with Gasteiger partial charge in [0.2, 0.25) is 4.96 Å². The van der Waals surface area contributed by atoms with E-state index in [-0.39, 0.29) is 5.56 Å². The van der Waals surface area contributed by atoms with Crippen LogP contribution in [0.4, 0.5) is 0 Å². The Hall–Kier alpha value is -3.45. The predicted molar refractivity (Wildman–Crippen MR) is 129 cm³/mol. The smallest absolute Gasteiger partial charge is 0.291 e. The van der Waals surface area contributed by atoms with Crippen LogP contribution in [-0.4, -0.2) is 28.3 Å². The second-order valence-electron chi connectivity index (χ2n) is 7.29. The maximum absolute atomic E-state index is 12.8. The van der Waals surface area contributed by atoms with Crippen molar-refractivity contribution < 1.29 is 9.47 Å². The van der Waals surface area contributed by atoms with Gasteiger partial charge >= 0.3 is 0 Å². The van der Waals surface area contributed by atoms with Crippen molar-refractivity contribution in [3.63, 3.8) is 0 Å². The predicted octanol–water partition coefficient (Wildman–Crippen LogP) is 4.45. The molecule has 2 heterocycles. The number of fused-ring (bicyclic) bond motifs is 1. The summed E-state index contributed by atoms with van der Waals surface area (Å²) in [6.45, 7) is 2.82. The molecule has 0 unspecified atom stereocenters. The van der Waals surface area contributed by atoms with Gasteiger partial charge in [-0.1, -0.05) is 73.6 Å². The number of benzene rings is 2. The van der Waals surface area contributed by atoms with Crippen LogP contribution in [0, 0.1) is 0 Å². The van der Waals surface area contributed by atoms with Gasteiger partial charge in [0.1, 0.15) is 0 Å². The van der Waals surface area contributed by atoms with E-state index >= 15 is 0 Å². The molecule has 0 saturated carbocycles. The molecule has 2 aromatic carbocycles. The van der Waals surface area contributed by atoms with Gasteiger partial charge in [0.15, 0.2) is 17.3 Å². The van der Waals surface area contributed by atoms with Gasteiger partial charge in [0.25, 0.3) is 5.56 Å². The molecule has 0 aliphatic carbocycles. The molecular formula is C25H25N3O3S. The Bertz CT molecular complexity index is 1330. The number of aromatic nitrogens is 3. The van der Waals surface area contributed by atoms with Gasteiger partial charge in [-0.2, -0.15) is 9.50 Å². The molecule has 0 fully saturated rings.